The minimum Gasteiger partial charge on any atom is -0.497 e. The third kappa shape index (κ3) is 5.95. The largest absolute Gasteiger partial charge is 0.497 e. The average Bonchev–Trinajstić information content (AvgIpc) is 3.31. The van der Waals surface area contributed by atoms with Crippen LogP contribution in [0.3, 0.4) is 0 Å². The van der Waals surface area contributed by atoms with Crippen molar-refractivity contribution in [1.82, 2.24) is 20.4 Å². The molecule has 2 heterocycles. The quantitative estimate of drug-likeness (QED) is 0.517. The van der Waals surface area contributed by atoms with Gasteiger partial charge in [0.25, 0.3) is 0 Å². The molecule has 0 aliphatic carbocycles. The average molecular weight is 435 g/mol. The lowest BCUT2D eigenvalue weighted by molar-refractivity contribution is -0.126. The molecule has 1 N–H and O–H groups in total. The van der Waals surface area contributed by atoms with Gasteiger partial charge in [-0.25, -0.2) is 0 Å². The van der Waals surface area contributed by atoms with E-state index in [1.807, 2.05) is 42.5 Å². The maximum Gasteiger partial charge on any atom is 0.241 e. The van der Waals surface area contributed by atoms with Gasteiger partial charge in [-0.05, 0) is 49.9 Å². The van der Waals surface area contributed by atoms with Crippen LogP contribution in [0.4, 0.5) is 0 Å². The molecule has 1 fully saturated rings. The molecule has 1 aromatic heterocycles. The first-order chi connectivity index (χ1) is 15.7. The number of nitrogens with zero attached hydrogens (tertiary/aromatic N) is 3. The molecule has 1 amide bonds. The number of ether oxygens (including phenoxy) is 1. The summed E-state index contributed by atoms with van der Waals surface area (Å²) in [7, 11) is 1.67. The number of piperidine rings is 1. The van der Waals surface area contributed by atoms with Gasteiger partial charge in [-0.3, -0.25) is 9.69 Å². The van der Waals surface area contributed by atoms with Crippen molar-refractivity contribution in [2.75, 3.05) is 26.7 Å². The fourth-order valence-electron chi connectivity index (χ4n) is 4.07. The molecular formula is C25H30N4O3. The molecule has 32 heavy (non-hydrogen) atoms. The van der Waals surface area contributed by atoms with Crippen LogP contribution in [0.5, 0.6) is 5.75 Å². The van der Waals surface area contributed by atoms with Crippen molar-refractivity contribution in [1.29, 1.82) is 0 Å². The van der Waals surface area contributed by atoms with Crippen molar-refractivity contribution in [2.24, 2.45) is 5.92 Å². The van der Waals surface area contributed by atoms with Gasteiger partial charge in [-0.2, -0.15) is 4.98 Å². The Morgan fingerprint density at radius 1 is 1.19 bits per heavy atom. The summed E-state index contributed by atoms with van der Waals surface area (Å²) in [4.78, 5) is 19.4. The lowest BCUT2D eigenvalue weighted by Gasteiger charge is -2.30. The van der Waals surface area contributed by atoms with Crippen LogP contribution in [-0.4, -0.2) is 47.7 Å². The molecule has 7 heteroatoms. The zero-order valence-corrected chi connectivity index (χ0v) is 18.5. The number of aromatic nitrogens is 2. The Kier molecular flexibility index (Phi) is 7.51. The van der Waals surface area contributed by atoms with E-state index in [9.17, 15) is 4.79 Å². The summed E-state index contributed by atoms with van der Waals surface area (Å²) in [6, 6.07) is 17.9. The molecule has 0 radical (unpaired) electrons. The Balaban J connectivity index is 1.21. The zero-order chi connectivity index (χ0) is 22.2. The second-order valence-corrected chi connectivity index (χ2v) is 8.19. The van der Waals surface area contributed by atoms with Gasteiger partial charge in [0.1, 0.15) is 5.75 Å². The van der Waals surface area contributed by atoms with Gasteiger partial charge in [-0.15, -0.1) is 0 Å². The van der Waals surface area contributed by atoms with Gasteiger partial charge in [0.15, 0.2) is 0 Å². The molecule has 1 aliphatic rings. The van der Waals surface area contributed by atoms with E-state index in [2.05, 4.69) is 32.5 Å². The van der Waals surface area contributed by atoms with E-state index >= 15 is 0 Å². The lowest BCUT2D eigenvalue weighted by atomic mass is 9.97. The van der Waals surface area contributed by atoms with Crippen molar-refractivity contribution in [3.05, 3.63) is 66.1 Å². The Morgan fingerprint density at radius 2 is 2.00 bits per heavy atom. The number of amides is 1. The van der Waals surface area contributed by atoms with Crippen LogP contribution in [0.1, 0.15) is 30.7 Å². The van der Waals surface area contributed by atoms with E-state index in [0.717, 1.165) is 43.5 Å². The predicted molar refractivity (Wildman–Crippen MR) is 122 cm³/mol. The summed E-state index contributed by atoms with van der Waals surface area (Å²) in [6.07, 6.45) is 3.75. The summed E-state index contributed by atoms with van der Waals surface area (Å²) in [5.41, 5.74) is 2.19. The highest BCUT2D eigenvalue weighted by Crippen LogP contribution is 2.20. The monoisotopic (exact) mass is 434 g/mol. The van der Waals surface area contributed by atoms with E-state index in [-0.39, 0.29) is 11.8 Å². The molecule has 7 nitrogen and oxygen atoms in total. The molecule has 0 saturated carbocycles. The number of nitrogens with one attached hydrogen (secondary N) is 1. The van der Waals surface area contributed by atoms with E-state index in [1.54, 1.807) is 7.11 Å². The lowest BCUT2D eigenvalue weighted by Crippen LogP contribution is -2.43. The van der Waals surface area contributed by atoms with Crippen LogP contribution in [0, 0.1) is 5.92 Å². The van der Waals surface area contributed by atoms with Gasteiger partial charge < -0.3 is 14.6 Å². The van der Waals surface area contributed by atoms with Crippen LogP contribution >= 0.6 is 0 Å². The summed E-state index contributed by atoms with van der Waals surface area (Å²) in [5, 5.41) is 7.21. The second kappa shape index (κ2) is 10.9. The third-order valence-electron chi connectivity index (χ3n) is 5.84. The molecule has 1 aliphatic heterocycles. The predicted octanol–water partition coefficient (Wildman–Crippen LogP) is 3.71. The normalized spacial score (nSPS) is 16.6. The number of carbonyl (C=O) groups is 1. The third-order valence-corrected chi connectivity index (χ3v) is 5.84. The molecule has 1 unspecified atom stereocenters. The second-order valence-electron chi connectivity index (χ2n) is 8.19. The van der Waals surface area contributed by atoms with Gasteiger partial charge in [-0.1, -0.05) is 47.6 Å². The number of likely N-dealkylation sites (tertiary alicyclic amines) is 1. The molecule has 168 valence electrons. The van der Waals surface area contributed by atoms with Gasteiger partial charge in [0.2, 0.25) is 17.6 Å². The first kappa shape index (κ1) is 22.0. The first-order valence-corrected chi connectivity index (χ1v) is 11.2. The van der Waals surface area contributed by atoms with E-state index in [0.29, 0.717) is 31.3 Å². The van der Waals surface area contributed by atoms with Gasteiger partial charge in [0, 0.05) is 18.7 Å². The first-order valence-electron chi connectivity index (χ1n) is 11.2. The number of hydrogen-bond donors (Lipinski definition) is 1. The Morgan fingerprint density at radius 3 is 2.78 bits per heavy atom. The maximum absolute atomic E-state index is 12.7. The maximum atomic E-state index is 12.7. The molecule has 4 rings (SSSR count). The molecular weight excluding hydrogens is 404 g/mol. The highest BCUT2D eigenvalue weighted by Gasteiger charge is 2.26. The SMILES string of the molecule is COc1ccc(CCCNC(=O)C2CCCN(Cc3nc(-c4ccccc4)no3)C2)cc1. The number of benzene rings is 2. The van der Waals surface area contributed by atoms with Crippen LogP contribution in [0.15, 0.2) is 59.1 Å². The summed E-state index contributed by atoms with van der Waals surface area (Å²) < 4.78 is 10.6. The fraction of sp³-hybridized carbons (Fsp3) is 0.400. The topological polar surface area (TPSA) is 80.5 Å². The standard InChI is InChI=1S/C25H30N4O3/c1-31-22-13-11-19(12-14-22)7-5-15-26-25(30)21-10-6-16-29(17-21)18-23-27-24(28-32-23)20-8-3-2-4-9-20/h2-4,8-9,11-14,21H,5-7,10,15-18H2,1H3,(H,26,30). The van der Waals surface area contributed by atoms with Crippen molar-refractivity contribution >= 4 is 5.91 Å². The molecule has 0 spiro atoms. The summed E-state index contributed by atoms with van der Waals surface area (Å²) >= 11 is 0. The number of hydrogen-bond acceptors (Lipinski definition) is 6. The van der Waals surface area contributed by atoms with Crippen molar-refractivity contribution in [3.8, 4) is 17.1 Å². The molecule has 0 bridgehead atoms. The van der Waals surface area contributed by atoms with Gasteiger partial charge in [0.05, 0.1) is 19.6 Å². The van der Waals surface area contributed by atoms with E-state index in [1.165, 1.54) is 5.56 Å². The van der Waals surface area contributed by atoms with Crippen molar-refractivity contribution in [3.63, 3.8) is 0 Å². The molecule has 2 aromatic carbocycles. The van der Waals surface area contributed by atoms with Crippen LogP contribution in [0.25, 0.3) is 11.4 Å². The van der Waals surface area contributed by atoms with Crippen LogP contribution < -0.4 is 10.1 Å². The molecule has 1 saturated heterocycles. The van der Waals surface area contributed by atoms with Crippen LogP contribution in [0.2, 0.25) is 0 Å². The smallest absolute Gasteiger partial charge is 0.241 e. The fourth-order valence-corrected chi connectivity index (χ4v) is 4.07. The minimum atomic E-state index is 0.00116. The minimum absolute atomic E-state index is 0.00116. The molecule has 1 atom stereocenters. The highest BCUT2D eigenvalue weighted by molar-refractivity contribution is 5.78. The number of rotatable bonds is 9. The Bertz CT molecular complexity index is 988. The number of methoxy groups -OCH3 is 1. The van der Waals surface area contributed by atoms with E-state index in [4.69, 9.17) is 9.26 Å². The summed E-state index contributed by atoms with van der Waals surface area (Å²) in [5.74, 6) is 2.19. The number of carbonyl (C=O) groups excluding carboxylic acids is 1. The Labute approximate surface area is 188 Å². The Hall–Kier alpha value is -3.19. The molecule has 3 aromatic rings. The van der Waals surface area contributed by atoms with Crippen molar-refractivity contribution < 1.29 is 14.1 Å². The zero-order valence-electron chi connectivity index (χ0n) is 18.5. The van der Waals surface area contributed by atoms with Crippen molar-refractivity contribution in [2.45, 2.75) is 32.2 Å². The van der Waals surface area contributed by atoms with Crippen LogP contribution in [-0.2, 0) is 17.8 Å². The number of aryl methyl sites for hydroxylation is 1. The van der Waals surface area contributed by atoms with E-state index < -0.39 is 0 Å². The summed E-state index contributed by atoms with van der Waals surface area (Å²) in [6.45, 7) is 2.91. The highest BCUT2D eigenvalue weighted by atomic mass is 16.5. The van der Waals surface area contributed by atoms with Gasteiger partial charge >= 0.3 is 0 Å².